The maximum Gasteiger partial charge on any atom is 0.339 e. The molecule has 0 unspecified atom stereocenters. The minimum Gasteiger partial charge on any atom is -0.478 e. The molecular formula is C18H11ClFNO3S. The van der Waals surface area contributed by atoms with Gasteiger partial charge in [0.2, 0.25) is 0 Å². The van der Waals surface area contributed by atoms with Gasteiger partial charge < -0.3 is 10.4 Å². The van der Waals surface area contributed by atoms with Crippen LogP contribution in [-0.2, 0) is 0 Å². The number of nitrogens with one attached hydrogen (secondary N) is 1. The fourth-order valence-electron chi connectivity index (χ4n) is 2.32. The molecule has 1 amide bonds. The average molecular weight is 376 g/mol. The van der Waals surface area contributed by atoms with Gasteiger partial charge in [-0.1, -0.05) is 29.8 Å². The van der Waals surface area contributed by atoms with E-state index < -0.39 is 17.7 Å². The molecule has 3 rings (SSSR count). The topological polar surface area (TPSA) is 66.4 Å². The highest BCUT2D eigenvalue weighted by atomic mass is 35.5. The van der Waals surface area contributed by atoms with Crippen LogP contribution >= 0.6 is 22.9 Å². The Bertz CT molecular complexity index is 953. The summed E-state index contributed by atoms with van der Waals surface area (Å²) in [5.41, 5.74) is 1.19. The maximum absolute atomic E-state index is 13.0. The van der Waals surface area contributed by atoms with Gasteiger partial charge in [-0.25, -0.2) is 9.18 Å². The minimum atomic E-state index is -1.18. The van der Waals surface area contributed by atoms with Crippen LogP contribution < -0.4 is 5.32 Å². The summed E-state index contributed by atoms with van der Waals surface area (Å²) in [6, 6.07) is 11.9. The number of carboxylic acid groups (broad SMARTS) is 1. The van der Waals surface area contributed by atoms with Crippen LogP contribution in [0, 0.1) is 5.82 Å². The highest BCUT2D eigenvalue weighted by Crippen LogP contribution is 2.38. The second kappa shape index (κ2) is 7.04. The van der Waals surface area contributed by atoms with Gasteiger partial charge in [0.05, 0.1) is 0 Å². The molecule has 1 aromatic heterocycles. The van der Waals surface area contributed by atoms with Gasteiger partial charge in [0.15, 0.2) is 0 Å². The van der Waals surface area contributed by atoms with Crippen LogP contribution in [0.5, 0.6) is 0 Å². The predicted molar refractivity (Wildman–Crippen MR) is 96.1 cm³/mol. The zero-order valence-electron chi connectivity index (χ0n) is 12.6. The zero-order valence-corrected chi connectivity index (χ0v) is 14.2. The monoisotopic (exact) mass is 375 g/mol. The summed E-state index contributed by atoms with van der Waals surface area (Å²) >= 11 is 7.24. The lowest BCUT2D eigenvalue weighted by Gasteiger charge is -2.07. The van der Waals surface area contributed by atoms with Gasteiger partial charge in [-0.15, -0.1) is 11.3 Å². The van der Waals surface area contributed by atoms with E-state index in [0.29, 0.717) is 16.1 Å². The number of carbonyl (C=O) groups excluding carboxylic acids is 1. The van der Waals surface area contributed by atoms with E-state index in [1.807, 2.05) is 0 Å². The van der Waals surface area contributed by atoms with E-state index in [-0.39, 0.29) is 16.1 Å². The van der Waals surface area contributed by atoms with Crippen molar-refractivity contribution in [1.29, 1.82) is 0 Å². The molecule has 3 aromatic rings. The van der Waals surface area contributed by atoms with Crippen LogP contribution in [0.4, 0.5) is 9.39 Å². The summed E-state index contributed by atoms with van der Waals surface area (Å²) in [4.78, 5) is 24.0. The van der Waals surface area contributed by atoms with Crippen molar-refractivity contribution < 1.29 is 19.1 Å². The molecule has 0 aliphatic heterocycles. The van der Waals surface area contributed by atoms with E-state index in [9.17, 15) is 19.1 Å². The largest absolute Gasteiger partial charge is 0.478 e. The van der Waals surface area contributed by atoms with E-state index in [1.165, 1.54) is 12.1 Å². The van der Waals surface area contributed by atoms with Gasteiger partial charge >= 0.3 is 5.97 Å². The average Bonchev–Trinajstić information content (AvgIpc) is 2.99. The molecule has 0 fully saturated rings. The van der Waals surface area contributed by atoms with Gasteiger partial charge in [-0.3, -0.25) is 4.79 Å². The lowest BCUT2D eigenvalue weighted by molar-refractivity contribution is 0.0699. The summed E-state index contributed by atoms with van der Waals surface area (Å²) in [5, 5.41) is 14.4. The molecule has 0 aliphatic carbocycles. The Balaban J connectivity index is 1.98. The van der Waals surface area contributed by atoms with Crippen molar-refractivity contribution in [2.75, 3.05) is 5.32 Å². The van der Waals surface area contributed by atoms with Gasteiger partial charge in [-0.05, 0) is 30.3 Å². The third kappa shape index (κ3) is 3.55. The van der Waals surface area contributed by atoms with Crippen molar-refractivity contribution >= 4 is 39.8 Å². The van der Waals surface area contributed by atoms with E-state index in [1.54, 1.807) is 29.6 Å². The first kappa shape index (κ1) is 17.1. The number of thiophene rings is 1. The smallest absolute Gasteiger partial charge is 0.339 e. The number of rotatable bonds is 4. The SMILES string of the molecule is O=C(Nc1scc(-c2ccccc2Cl)c1C(=O)O)c1ccc(F)cc1. The Labute approximate surface area is 151 Å². The fraction of sp³-hybridized carbons (Fsp3) is 0. The minimum absolute atomic E-state index is 0.0337. The molecule has 2 N–H and O–H groups in total. The van der Waals surface area contributed by atoms with Crippen LogP contribution in [0.3, 0.4) is 0 Å². The first-order chi connectivity index (χ1) is 12.0. The Kier molecular flexibility index (Phi) is 4.83. The van der Waals surface area contributed by atoms with Gasteiger partial charge in [0.1, 0.15) is 16.4 Å². The molecule has 126 valence electrons. The second-order valence-electron chi connectivity index (χ2n) is 5.10. The number of aromatic carboxylic acids is 1. The normalized spacial score (nSPS) is 10.5. The molecule has 4 nitrogen and oxygen atoms in total. The molecule has 25 heavy (non-hydrogen) atoms. The third-order valence-corrected chi connectivity index (χ3v) is 4.73. The standard InChI is InChI=1S/C18H11ClFNO3S/c19-14-4-2-1-3-12(14)13-9-25-17(15(13)18(23)24)21-16(22)10-5-7-11(20)8-6-10/h1-9H,(H,21,22)(H,23,24). The molecule has 0 atom stereocenters. The summed E-state index contributed by atoms with van der Waals surface area (Å²) in [6.45, 7) is 0. The molecule has 0 radical (unpaired) electrons. The molecule has 0 aliphatic rings. The van der Waals surface area contributed by atoms with Crippen molar-refractivity contribution in [2.24, 2.45) is 0 Å². The number of carboxylic acids is 1. The first-order valence-corrected chi connectivity index (χ1v) is 8.39. The summed E-state index contributed by atoms with van der Waals surface area (Å²) in [6.07, 6.45) is 0. The van der Waals surface area contributed by atoms with Crippen LogP contribution in [0.1, 0.15) is 20.7 Å². The highest BCUT2D eigenvalue weighted by Gasteiger charge is 2.22. The van der Waals surface area contributed by atoms with Crippen LogP contribution in [0.15, 0.2) is 53.9 Å². The van der Waals surface area contributed by atoms with Gasteiger partial charge in [0.25, 0.3) is 5.91 Å². The number of amides is 1. The lowest BCUT2D eigenvalue weighted by Crippen LogP contribution is -2.13. The van der Waals surface area contributed by atoms with E-state index in [2.05, 4.69) is 5.32 Å². The number of anilines is 1. The molecule has 0 bridgehead atoms. The fourth-order valence-corrected chi connectivity index (χ4v) is 3.50. The Hall–Kier alpha value is -2.70. The first-order valence-electron chi connectivity index (χ1n) is 7.14. The summed E-state index contributed by atoms with van der Waals surface area (Å²) in [7, 11) is 0. The third-order valence-electron chi connectivity index (χ3n) is 3.50. The van der Waals surface area contributed by atoms with E-state index in [4.69, 9.17) is 11.6 Å². The van der Waals surface area contributed by atoms with Gasteiger partial charge in [0, 0.05) is 27.1 Å². The Morgan fingerprint density at radius 1 is 1.04 bits per heavy atom. The van der Waals surface area contributed by atoms with Crippen molar-refractivity contribution in [3.8, 4) is 11.1 Å². The maximum atomic E-state index is 13.0. The number of halogens is 2. The summed E-state index contributed by atoms with van der Waals surface area (Å²) in [5.74, 6) is -2.15. The number of hydrogen-bond donors (Lipinski definition) is 2. The Morgan fingerprint density at radius 3 is 2.36 bits per heavy atom. The quantitative estimate of drug-likeness (QED) is 0.662. The van der Waals surface area contributed by atoms with E-state index in [0.717, 1.165) is 23.5 Å². The predicted octanol–water partition coefficient (Wildman–Crippen LogP) is 5.16. The van der Waals surface area contributed by atoms with Crippen LogP contribution in [-0.4, -0.2) is 17.0 Å². The highest BCUT2D eigenvalue weighted by molar-refractivity contribution is 7.15. The molecule has 0 saturated heterocycles. The Morgan fingerprint density at radius 2 is 1.72 bits per heavy atom. The second-order valence-corrected chi connectivity index (χ2v) is 6.39. The van der Waals surface area contributed by atoms with Crippen molar-refractivity contribution in [3.63, 3.8) is 0 Å². The van der Waals surface area contributed by atoms with Gasteiger partial charge in [-0.2, -0.15) is 0 Å². The summed E-state index contributed by atoms with van der Waals surface area (Å²) < 4.78 is 13.0. The molecular weight excluding hydrogens is 365 g/mol. The number of hydrogen-bond acceptors (Lipinski definition) is 3. The molecule has 7 heteroatoms. The van der Waals surface area contributed by atoms with Crippen molar-refractivity contribution in [2.45, 2.75) is 0 Å². The van der Waals surface area contributed by atoms with E-state index >= 15 is 0 Å². The zero-order chi connectivity index (χ0) is 18.0. The van der Waals surface area contributed by atoms with Crippen molar-refractivity contribution in [1.82, 2.24) is 0 Å². The van der Waals surface area contributed by atoms with Crippen LogP contribution in [0.2, 0.25) is 5.02 Å². The molecule has 1 heterocycles. The molecule has 0 saturated carbocycles. The van der Waals surface area contributed by atoms with Crippen molar-refractivity contribution in [3.05, 3.63) is 75.9 Å². The molecule has 0 spiro atoms. The lowest BCUT2D eigenvalue weighted by atomic mass is 10.0. The van der Waals surface area contributed by atoms with Crippen LogP contribution in [0.25, 0.3) is 11.1 Å². The number of carbonyl (C=O) groups is 2. The molecule has 2 aromatic carbocycles. The number of benzene rings is 2.